The van der Waals surface area contributed by atoms with E-state index in [0.717, 1.165) is 0 Å². The van der Waals surface area contributed by atoms with Crippen LogP contribution in [0.2, 0.25) is 0 Å². The molecule has 0 fully saturated rings. The summed E-state index contributed by atoms with van der Waals surface area (Å²) in [5.41, 5.74) is 0. The van der Waals surface area contributed by atoms with Gasteiger partial charge in [0, 0.05) is 0 Å². The molecule has 0 heterocycles. The smallest absolute Gasteiger partial charge is 1.00 e. The van der Waals surface area contributed by atoms with E-state index < -0.39 is 0 Å². The zero-order chi connectivity index (χ0) is 0. The van der Waals surface area contributed by atoms with Crippen LogP contribution in [0.4, 0.5) is 0 Å². The second-order valence-corrected chi connectivity index (χ2v) is 0. The Kier molecular flexibility index (Phi) is 541. The molecule has 0 N–H and O–H groups in total. The SMILES string of the molecule is [Cs+].[Cs+].[F-].[F-].[F-].[F-].[Li+].[Li+]. The third-order valence-electron chi connectivity index (χ3n) is 0. The quantitative estimate of drug-likeness (QED) is 0.299. The average molecular weight is 356 g/mol. The van der Waals surface area contributed by atoms with Crippen molar-refractivity contribution in [1.29, 1.82) is 0 Å². The molecule has 0 aromatic carbocycles. The molecule has 0 aromatic rings. The normalized spacial score (nSPS) is 0. The fourth-order valence-electron chi connectivity index (χ4n) is 0. The zero-order valence-corrected chi connectivity index (χ0v) is 18.1. The predicted molar refractivity (Wildman–Crippen MR) is 0 cm³/mol. The maximum Gasteiger partial charge on any atom is 1.00 e. The Morgan fingerprint density at radius 1 is 0.375 bits per heavy atom. The molecule has 0 unspecified atom stereocenters. The minimum atomic E-state index is 0. The van der Waals surface area contributed by atoms with E-state index >= 15 is 0 Å². The van der Waals surface area contributed by atoms with E-state index in [-0.39, 0.29) is 194 Å². The van der Waals surface area contributed by atoms with Gasteiger partial charge in [-0.3, -0.25) is 0 Å². The van der Waals surface area contributed by atoms with Crippen molar-refractivity contribution in [3.05, 3.63) is 0 Å². The molecule has 0 atom stereocenters. The standard InChI is InChI=1S/2Cs.4FH.2Li/h;;4*1H;;/q2*+1;;;;;2*+1/p-4. The van der Waals surface area contributed by atoms with Gasteiger partial charge in [-0.05, 0) is 0 Å². The van der Waals surface area contributed by atoms with Crippen LogP contribution in [0.15, 0.2) is 0 Å². The van der Waals surface area contributed by atoms with E-state index in [1.54, 1.807) is 0 Å². The first-order valence-electron chi connectivity index (χ1n) is 0. The molecule has 0 aliphatic rings. The Hall–Kier alpha value is 5.02. The van der Waals surface area contributed by atoms with Crippen LogP contribution in [-0.4, -0.2) is 0 Å². The number of halogens is 4. The summed E-state index contributed by atoms with van der Waals surface area (Å²) in [4.78, 5) is 0. The van der Waals surface area contributed by atoms with Gasteiger partial charge < -0.3 is 18.8 Å². The molecule has 0 aromatic heterocycles. The van der Waals surface area contributed by atoms with Crippen molar-refractivity contribution < 1.29 is 194 Å². The first-order valence-corrected chi connectivity index (χ1v) is 0. The number of hydrogen-bond acceptors (Lipinski definition) is 0. The van der Waals surface area contributed by atoms with Gasteiger partial charge in [0.25, 0.3) is 0 Å². The maximum atomic E-state index is 0. The van der Waals surface area contributed by atoms with Crippen molar-refractivity contribution in [3.63, 3.8) is 0 Å². The summed E-state index contributed by atoms with van der Waals surface area (Å²) in [5.74, 6) is 0. The Morgan fingerprint density at radius 3 is 0.375 bits per heavy atom. The van der Waals surface area contributed by atoms with Gasteiger partial charge >= 0.3 is 176 Å². The van der Waals surface area contributed by atoms with Gasteiger partial charge in [-0.2, -0.15) is 0 Å². The van der Waals surface area contributed by atoms with E-state index in [9.17, 15) is 0 Å². The summed E-state index contributed by atoms with van der Waals surface area (Å²) in [6.07, 6.45) is 0. The fraction of sp³-hybridized carbons (Fsp3) is 0. The summed E-state index contributed by atoms with van der Waals surface area (Å²) in [6.45, 7) is 0. The van der Waals surface area contributed by atoms with E-state index in [0.29, 0.717) is 0 Å². The molecular formula is Cs2F4Li2. The van der Waals surface area contributed by atoms with Gasteiger partial charge in [-0.25, -0.2) is 0 Å². The number of hydrogen-bond donors (Lipinski definition) is 0. The van der Waals surface area contributed by atoms with Crippen molar-refractivity contribution in [2.24, 2.45) is 0 Å². The summed E-state index contributed by atoms with van der Waals surface area (Å²) in [5, 5.41) is 0. The molecule has 0 amide bonds. The first kappa shape index (κ1) is 74.7. The van der Waals surface area contributed by atoms with E-state index in [1.807, 2.05) is 0 Å². The number of rotatable bonds is 0. The molecule has 0 radical (unpaired) electrons. The van der Waals surface area contributed by atoms with Gasteiger partial charge in [0.05, 0.1) is 0 Å². The molecule has 32 valence electrons. The first-order chi connectivity index (χ1) is 0. The molecule has 0 aliphatic heterocycles. The van der Waals surface area contributed by atoms with Crippen molar-refractivity contribution in [2.45, 2.75) is 0 Å². The minimum Gasteiger partial charge on any atom is -1.00 e. The maximum absolute atomic E-state index is 0. The second kappa shape index (κ2) is 57.9. The summed E-state index contributed by atoms with van der Waals surface area (Å²) >= 11 is 0. The van der Waals surface area contributed by atoms with Crippen molar-refractivity contribution >= 4 is 0 Å². The van der Waals surface area contributed by atoms with Gasteiger partial charge in [0.2, 0.25) is 0 Å². The molecule has 0 spiro atoms. The van der Waals surface area contributed by atoms with Gasteiger partial charge in [-0.1, -0.05) is 0 Å². The van der Waals surface area contributed by atoms with Gasteiger partial charge in [0.15, 0.2) is 0 Å². The van der Waals surface area contributed by atoms with Crippen LogP contribution in [-0.2, 0) is 0 Å². The third-order valence-corrected chi connectivity index (χ3v) is 0. The Balaban J connectivity index is 0. The summed E-state index contributed by atoms with van der Waals surface area (Å²) in [7, 11) is 0. The van der Waals surface area contributed by atoms with Crippen LogP contribution in [0, 0.1) is 0 Å². The van der Waals surface area contributed by atoms with Crippen LogP contribution in [0.3, 0.4) is 0 Å². The Morgan fingerprint density at radius 2 is 0.375 bits per heavy atom. The summed E-state index contributed by atoms with van der Waals surface area (Å²) in [6, 6.07) is 0. The monoisotopic (exact) mass is 356 g/mol. The molecule has 0 aliphatic carbocycles. The summed E-state index contributed by atoms with van der Waals surface area (Å²) < 4.78 is 0. The van der Waals surface area contributed by atoms with Crippen LogP contribution in [0.25, 0.3) is 0 Å². The molecule has 8 heavy (non-hydrogen) atoms. The van der Waals surface area contributed by atoms with E-state index in [2.05, 4.69) is 0 Å². The molecule has 0 rings (SSSR count). The zero-order valence-electron chi connectivity index (χ0n) is 5.51. The Labute approximate surface area is 187 Å². The van der Waals surface area contributed by atoms with Crippen molar-refractivity contribution in [2.75, 3.05) is 0 Å². The van der Waals surface area contributed by atoms with Gasteiger partial charge in [0.1, 0.15) is 0 Å². The molecule has 0 bridgehead atoms. The van der Waals surface area contributed by atoms with Crippen LogP contribution in [0.5, 0.6) is 0 Å². The molecular weight excluding hydrogens is 356 g/mol. The molecule has 8 heteroatoms. The van der Waals surface area contributed by atoms with Crippen molar-refractivity contribution in [3.8, 4) is 0 Å². The van der Waals surface area contributed by atoms with E-state index in [1.165, 1.54) is 0 Å². The largest absolute Gasteiger partial charge is 1.00 e. The second-order valence-electron chi connectivity index (χ2n) is 0. The Bertz CT molecular complexity index is 12.0. The third kappa shape index (κ3) is 43.9. The topological polar surface area (TPSA) is 0 Å². The minimum absolute atomic E-state index is 0. The van der Waals surface area contributed by atoms with Crippen LogP contribution in [0.1, 0.15) is 0 Å². The fourth-order valence-corrected chi connectivity index (χ4v) is 0. The van der Waals surface area contributed by atoms with Crippen LogP contribution < -0.4 is 194 Å². The van der Waals surface area contributed by atoms with Crippen molar-refractivity contribution in [1.82, 2.24) is 0 Å². The average Bonchev–Trinajstić information content (AvgIpc) is 0. The molecule has 0 saturated heterocycles. The predicted octanol–water partition coefficient (Wildman–Crippen LogP) is -24.0. The van der Waals surface area contributed by atoms with E-state index in [4.69, 9.17) is 0 Å². The van der Waals surface area contributed by atoms with Gasteiger partial charge in [-0.15, -0.1) is 0 Å². The molecule has 0 saturated carbocycles. The molecule has 0 nitrogen and oxygen atoms in total. The van der Waals surface area contributed by atoms with Crippen LogP contribution >= 0.6 is 0 Å².